The molecule has 0 saturated carbocycles. The second-order valence-electron chi connectivity index (χ2n) is 7.88. The van der Waals surface area contributed by atoms with Gasteiger partial charge in [-0.1, -0.05) is 74.8 Å². The molecule has 5 heteroatoms. The zero-order valence-electron chi connectivity index (χ0n) is 16.4. The lowest BCUT2D eigenvalue weighted by Crippen LogP contribution is -2.36. The van der Waals surface area contributed by atoms with Crippen LogP contribution in [0, 0.1) is 5.41 Å². The van der Waals surface area contributed by atoms with Crippen molar-refractivity contribution in [1.82, 2.24) is 10.3 Å². The predicted molar refractivity (Wildman–Crippen MR) is 112 cm³/mol. The number of nitrogens with one attached hydrogen (secondary N) is 1. The number of amides is 1. The molecule has 2 aromatic carbocycles. The summed E-state index contributed by atoms with van der Waals surface area (Å²) in [5, 5.41) is 3.77. The fourth-order valence-corrected chi connectivity index (χ4v) is 3.34. The summed E-state index contributed by atoms with van der Waals surface area (Å²) in [4.78, 5) is 16.9. The van der Waals surface area contributed by atoms with Crippen molar-refractivity contribution in [3.05, 3.63) is 77.3 Å². The molecule has 0 spiro atoms. The summed E-state index contributed by atoms with van der Waals surface area (Å²) in [6.45, 7) is 6.36. The van der Waals surface area contributed by atoms with Gasteiger partial charge in [0.15, 0.2) is 11.7 Å². The number of nitrogens with zero attached hydrogens (tertiary/aromatic N) is 1. The van der Waals surface area contributed by atoms with E-state index >= 15 is 0 Å². The largest absolute Gasteiger partial charge is 0.441 e. The average Bonchev–Trinajstić information content (AvgIpc) is 3.13. The molecule has 1 N–H and O–H groups in total. The van der Waals surface area contributed by atoms with Gasteiger partial charge in [-0.25, -0.2) is 4.98 Å². The second kappa shape index (κ2) is 8.61. The van der Waals surface area contributed by atoms with Gasteiger partial charge < -0.3 is 9.73 Å². The Kier molecular flexibility index (Phi) is 6.20. The molecule has 1 atom stereocenters. The van der Waals surface area contributed by atoms with Crippen LogP contribution >= 0.6 is 11.6 Å². The van der Waals surface area contributed by atoms with Crippen molar-refractivity contribution in [3.63, 3.8) is 0 Å². The van der Waals surface area contributed by atoms with Crippen molar-refractivity contribution < 1.29 is 9.21 Å². The van der Waals surface area contributed by atoms with Gasteiger partial charge in [0.25, 0.3) is 0 Å². The summed E-state index contributed by atoms with van der Waals surface area (Å²) in [7, 11) is 0. The molecule has 3 aromatic rings. The molecule has 4 nitrogen and oxygen atoms in total. The Labute approximate surface area is 170 Å². The van der Waals surface area contributed by atoms with Crippen molar-refractivity contribution in [2.24, 2.45) is 5.41 Å². The van der Waals surface area contributed by atoms with Gasteiger partial charge in [0.2, 0.25) is 5.91 Å². The van der Waals surface area contributed by atoms with Crippen LogP contribution in [0.25, 0.3) is 11.3 Å². The van der Waals surface area contributed by atoms with E-state index in [2.05, 4.69) is 31.1 Å². The number of aryl methyl sites for hydroxylation is 1. The summed E-state index contributed by atoms with van der Waals surface area (Å²) in [5.41, 5.74) is 1.79. The highest BCUT2D eigenvalue weighted by Crippen LogP contribution is 2.33. The van der Waals surface area contributed by atoms with Crippen LogP contribution in [-0.4, -0.2) is 10.9 Å². The first-order valence-electron chi connectivity index (χ1n) is 9.38. The summed E-state index contributed by atoms with van der Waals surface area (Å²) < 4.78 is 5.78. The molecule has 0 fully saturated rings. The van der Waals surface area contributed by atoms with Crippen LogP contribution in [-0.2, 0) is 11.2 Å². The van der Waals surface area contributed by atoms with E-state index in [0.717, 1.165) is 11.1 Å². The minimum Gasteiger partial charge on any atom is -0.441 e. The van der Waals surface area contributed by atoms with Crippen LogP contribution in [0.5, 0.6) is 0 Å². The Morgan fingerprint density at radius 3 is 2.46 bits per heavy atom. The van der Waals surface area contributed by atoms with Crippen LogP contribution < -0.4 is 5.32 Å². The van der Waals surface area contributed by atoms with Crippen LogP contribution in [0.4, 0.5) is 0 Å². The molecule has 0 aliphatic rings. The molecule has 3 rings (SSSR count). The number of carbonyl (C=O) groups excluding carboxylic acids is 1. The van der Waals surface area contributed by atoms with Gasteiger partial charge in [-0.2, -0.15) is 0 Å². The number of oxazole rings is 1. The summed E-state index contributed by atoms with van der Waals surface area (Å²) >= 11 is 6.20. The van der Waals surface area contributed by atoms with Gasteiger partial charge in [0, 0.05) is 18.4 Å². The van der Waals surface area contributed by atoms with Crippen LogP contribution in [0.2, 0.25) is 5.02 Å². The number of rotatable bonds is 6. The van der Waals surface area contributed by atoms with Gasteiger partial charge >= 0.3 is 0 Å². The fourth-order valence-electron chi connectivity index (χ4n) is 3.11. The van der Waals surface area contributed by atoms with E-state index in [-0.39, 0.29) is 17.4 Å². The quantitative estimate of drug-likeness (QED) is 0.570. The Morgan fingerprint density at radius 1 is 1.11 bits per heavy atom. The molecular weight excluding hydrogens is 372 g/mol. The number of carbonyl (C=O) groups is 1. The zero-order valence-corrected chi connectivity index (χ0v) is 17.2. The molecule has 28 heavy (non-hydrogen) atoms. The Balaban J connectivity index is 1.63. The van der Waals surface area contributed by atoms with Crippen LogP contribution in [0.1, 0.15) is 44.7 Å². The lowest BCUT2D eigenvalue weighted by atomic mass is 9.82. The standard InChI is InChI=1S/C23H25ClN2O2/c1-23(2,3)22(16-9-5-4-6-10-16)26-20(27)13-14-21-25-15-19(28-21)17-11-7-8-12-18(17)24/h4-12,15,22H,13-14H2,1-3H3,(H,26,27). The van der Waals surface area contributed by atoms with Crippen molar-refractivity contribution in [2.45, 2.75) is 39.7 Å². The molecule has 0 saturated heterocycles. The van der Waals surface area contributed by atoms with E-state index < -0.39 is 0 Å². The molecular formula is C23H25ClN2O2. The van der Waals surface area contributed by atoms with Crippen molar-refractivity contribution in [1.29, 1.82) is 0 Å². The maximum atomic E-state index is 12.6. The monoisotopic (exact) mass is 396 g/mol. The number of aromatic nitrogens is 1. The summed E-state index contributed by atoms with van der Waals surface area (Å²) in [6, 6.07) is 17.4. The highest BCUT2D eigenvalue weighted by Gasteiger charge is 2.27. The molecule has 1 amide bonds. The minimum absolute atomic E-state index is 0.0266. The molecule has 146 valence electrons. The maximum Gasteiger partial charge on any atom is 0.221 e. The smallest absolute Gasteiger partial charge is 0.221 e. The number of hydrogen-bond acceptors (Lipinski definition) is 3. The van der Waals surface area contributed by atoms with E-state index in [4.69, 9.17) is 16.0 Å². The fraction of sp³-hybridized carbons (Fsp3) is 0.304. The molecule has 0 radical (unpaired) electrons. The Bertz CT molecular complexity index is 929. The first-order valence-corrected chi connectivity index (χ1v) is 9.76. The van der Waals surface area contributed by atoms with E-state index in [9.17, 15) is 4.79 Å². The van der Waals surface area contributed by atoms with Crippen molar-refractivity contribution >= 4 is 17.5 Å². The number of hydrogen-bond donors (Lipinski definition) is 1. The van der Waals surface area contributed by atoms with Crippen LogP contribution in [0.15, 0.2) is 65.2 Å². The maximum absolute atomic E-state index is 12.6. The first-order chi connectivity index (χ1) is 13.3. The Hall–Kier alpha value is -2.59. The SMILES string of the molecule is CC(C)(C)C(NC(=O)CCc1ncc(-c2ccccc2Cl)o1)c1ccccc1. The van der Waals surface area contributed by atoms with Gasteiger partial charge in [0.05, 0.1) is 17.3 Å². The third-order valence-corrected chi connectivity index (χ3v) is 4.89. The highest BCUT2D eigenvalue weighted by molar-refractivity contribution is 6.33. The zero-order chi connectivity index (χ0) is 20.1. The molecule has 1 heterocycles. The highest BCUT2D eigenvalue weighted by atomic mass is 35.5. The van der Waals surface area contributed by atoms with E-state index in [1.807, 2.05) is 54.6 Å². The molecule has 0 aliphatic carbocycles. The molecule has 0 aliphatic heterocycles. The normalized spacial score (nSPS) is 12.6. The lowest BCUT2D eigenvalue weighted by Gasteiger charge is -2.32. The van der Waals surface area contributed by atoms with Gasteiger partial charge in [-0.05, 0) is 23.1 Å². The lowest BCUT2D eigenvalue weighted by molar-refractivity contribution is -0.122. The second-order valence-corrected chi connectivity index (χ2v) is 8.28. The van der Waals surface area contributed by atoms with Gasteiger partial charge in [-0.15, -0.1) is 0 Å². The molecule has 1 aromatic heterocycles. The minimum atomic E-state index is -0.100. The van der Waals surface area contributed by atoms with E-state index in [1.165, 1.54) is 0 Å². The third-order valence-electron chi connectivity index (χ3n) is 4.56. The van der Waals surface area contributed by atoms with Crippen molar-refractivity contribution in [3.8, 4) is 11.3 Å². The van der Waals surface area contributed by atoms with E-state index in [0.29, 0.717) is 29.5 Å². The summed E-state index contributed by atoms with van der Waals surface area (Å²) in [6.07, 6.45) is 2.39. The Morgan fingerprint density at radius 2 is 1.79 bits per heavy atom. The summed E-state index contributed by atoms with van der Waals surface area (Å²) in [5.74, 6) is 1.11. The number of benzene rings is 2. The first kappa shape index (κ1) is 20.2. The van der Waals surface area contributed by atoms with Gasteiger partial charge in [0.1, 0.15) is 0 Å². The van der Waals surface area contributed by atoms with E-state index in [1.54, 1.807) is 6.20 Å². The molecule has 0 bridgehead atoms. The average molecular weight is 397 g/mol. The predicted octanol–water partition coefficient (Wildman–Crippen LogP) is 5.83. The molecule has 1 unspecified atom stereocenters. The topological polar surface area (TPSA) is 55.1 Å². The van der Waals surface area contributed by atoms with Gasteiger partial charge in [-0.3, -0.25) is 4.79 Å². The third kappa shape index (κ3) is 5.02. The van der Waals surface area contributed by atoms with Crippen molar-refractivity contribution in [2.75, 3.05) is 0 Å². The van der Waals surface area contributed by atoms with Crippen LogP contribution in [0.3, 0.4) is 0 Å². The number of halogens is 1.